The Morgan fingerprint density at radius 2 is 1.76 bits per heavy atom. The Kier molecular flexibility index (Phi) is 3.65. The molecule has 5 fully saturated rings. The third-order valence-corrected chi connectivity index (χ3v) is 8.75. The molecule has 0 radical (unpaired) electrons. The van der Waals surface area contributed by atoms with Gasteiger partial charge in [-0.3, -0.25) is 9.09 Å². The van der Waals surface area contributed by atoms with Gasteiger partial charge in [-0.1, -0.05) is 13.8 Å². The molecule has 1 unspecified atom stereocenters. The van der Waals surface area contributed by atoms with E-state index in [1.54, 1.807) is 13.8 Å². The molecule has 5 saturated heterocycles. The Labute approximate surface area is 147 Å². The Bertz CT molecular complexity index is 626. The maximum Gasteiger partial charge on any atom is 0.368 e. The largest absolute Gasteiger partial charge is 0.368 e. The average Bonchev–Trinajstić information content (AvgIpc) is 3.14. The van der Waals surface area contributed by atoms with Crippen LogP contribution in [0, 0.1) is 5.41 Å². The predicted octanol–water partition coefficient (Wildman–Crippen LogP) is 2.50. The smallest absolute Gasteiger partial charge is 0.340 e. The van der Waals surface area contributed by atoms with Gasteiger partial charge < -0.3 is 32.3 Å². The molecule has 6 atom stereocenters. The fraction of sp³-hybridized carbons (Fsp3) is 1.00. The number of fused-ring (bicyclic) bond motifs is 6. The van der Waals surface area contributed by atoms with Crippen LogP contribution in [0.25, 0.3) is 0 Å². The minimum atomic E-state index is -3.75. The normalized spacial score (nSPS) is 51.9. The van der Waals surface area contributed by atoms with E-state index in [4.69, 9.17) is 36.8 Å². The van der Waals surface area contributed by atoms with Crippen LogP contribution in [0.3, 0.4) is 0 Å². The molecule has 0 aromatic rings. The van der Waals surface area contributed by atoms with Crippen LogP contribution < -0.4 is 0 Å². The first kappa shape index (κ1) is 17.4. The van der Waals surface area contributed by atoms with Crippen LogP contribution in [0.15, 0.2) is 0 Å². The van der Waals surface area contributed by atoms with Gasteiger partial charge in [-0.05, 0) is 13.8 Å². The van der Waals surface area contributed by atoms with Gasteiger partial charge in [0.05, 0.1) is 19.8 Å². The van der Waals surface area contributed by atoms with Crippen molar-refractivity contribution < 1.29 is 41.4 Å². The molecule has 0 aliphatic carbocycles. The zero-order chi connectivity index (χ0) is 17.7. The van der Waals surface area contributed by atoms with Gasteiger partial charge in [0.15, 0.2) is 18.2 Å². The molecule has 11 heteroatoms. The highest BCUT2D eigenvalue weighted by atomic mass is 31.2. The van der Waals surface area contributed by atoms with Gasteiger partial charge in [0.1, 0.15) is 12.2 Å². The van der Waals surface area contributed by atoms with Crippen molar-refractivity contribution in [3.05, 3.63) is 0 Å². The first-order valence-corrected chi connectivity index (χ1v) is 11.0. The van der Waals surface area contributed by atoms with Crippen molar-refractivity contribution in [3.8, 4) is 0 Å². The zero-order valence-electron chi connectivity index (χ0n) is 14.5. The molecule has 0 saturated carbocycles. The second-order valence-electron chi connectivity index (χ2n) is 8.20. The fourth-order valence-electron chi connectivity index (χ4n) is 3.75. The summed E-state index contributed by atoms with van der Waals surface area (Å²) in [7, 11) is -5.41. The van der Waals surface area contributed by atoms with Crippen LogP contribution in [-0.2, 0) is 41.4 Å². The zero-order valence-corrected chi connectivity index (χ0v) is 16.3. The molecule has 5 aliphatic rings. The predicted molar refractivity (Wildman–Crippen MR) is 83.6 cm³/mol. The molecule has 2 bridgehead atoms. The number of rotatable bonds is 1. The van der Waals surface area contributed by atoms with Gasteiger partial charge >= 0.3 is 16.2 Å². The molecule has 142 valence electrons. The molecule has 0 N–H and O–H groups in total. The highest BCUT2D eigenvalue weighted by molar-refractivity contribution is 7.56. The van der Waals surface area contributed by atoms with Gasteiger partial charge in [-0.15, -0.1) is 0 Å². The summed E-state index contributed by atoms with van der Waals surface area (Å²) in [6.07, 6.45) is -2.62. The standard InChI is InChI=1S/C14H22O9P2/c1-12(2)6-17-25(15,18-7-12)14-9(8-5-16-24(22-8)23-14)19-11-10(14)20-13(3,4)21-11/h8-11H,5-7H2,1-4H3/t8-,9-,10+,11-,14-,24?/m1/s1. The molecule has 0 aromatic heterocycles. The number of hydrogen-bond acceptors (Lipinski definition) is 9. The lowest BCUT2D eigenvalue weighted by molar-refractivity contribution is -0.232. The maximum atomic E-state index is 13.9. The van der Waals surface area contributed by atoms with Crippen molar-refractivity contribution in [1.29, 1.82) is 0 Å². The van der Waals surface area contributed by atoms with E-state index < -0.39 is 51.9 Å². The van der Waals surface area contributed by atoms with Crippen molar-refractivity contribution >= 4 is 16.2 Å². The maximum absolute atomic E-state index is 13.9. The van der Waals surface area contributed by atoms with E-state index in [0.29, 0.717) is 6.61 Å². The highest BCUT2D eigenvalue weighted by Gasteiger charge is 2.79. The van der Waals surface area contributed by atoms with Gasteiger partial charge in [-0.2, -0.15) is 0 Å². The molecule has 9 nitrogen and oxygen atoms in total. The lowest BCUT2D eigenvalue weighted by Crippen LogP contribution is -2.57. The van der Waals surface area contributed by atoms with E-state index in [-0.39, 0.29) is 18.6 Å². The summed E-state index contributed by atoms with van der Waals surface area (Å²) in [5.41, 5.74) is -0.239. The third kappa shape index (κ3) is 2.39. The van der Waals surface area contributed by atoms with Crippen LogP contribution >= 0.6 is 16.2 Å². The number of hydrogen-bond donors (Lipinski definition) is 0. The summed E-state index contributed by atoms with van der Waals surface area (Å²) >= 11 is 0. The van der Waals surface area contributed by atoms with Gasteiger partial charge in [0.25, 0.3) is 0 Å². The van der Waals surface area contributed by atoms with Gasteiger partial charge in [0.2, 0.25) is 5.34 Å². The van der Waals surface area contributed by atoms with Crippen molar-refractivity contribution in [3.63, 3.8) is 0 Å². The SMILES string of the molecule is CC1(C)COP(=O)([C@]23OP4OC[C@@H](O4)[C@H]2O[C@@H]2OC(C)(C)O[C@@H]23)OC1. The van der Waals surface area contributed by atoms with Crippen molar-refractivity contribution in [2.75, 3.05) is 19.8 Å². The van der Waals surface area contributed by atoms with Crippen LogP contribution in [0.4, 0.5) is 0 Å². The monoisotopic (exact) mass is 396 g/mol. The van der Waals surface area contributed by atoms with E-state index in [2.05, 4.69) is 0 Å². The molecule has 5 heterocycles. The van der Waals surface area contributed by atoms with Gasteiger partial charge in [-0.25, -0.2) is 0 Å². The molecule has 5 aliphatic heterocycles. The molecular weight excluding hydrogens is 374 g/mol. The van der Waals surface area contributed by atoms with E-state index in [1.807, 2.05) is 13.8 Å². The Balaban J connectivity index is 1.58. The Hall–Kier alpha value is 0.340. The summed E-state index contributed by atoms with van der Waals surface area (Å²) in [6.45, 7) is 8.39. The summed E-state index contributed by atoms with van der Waals surface area (Å²) in [5.74, 6) is -0.893. The van der Waals surface area contributed by atoms with E-state index in [9.17, 15) is 4.57 Å². The van der Waals surface area contributed by atoms with Crippen LogP contribution in [0.5, 0.6) is 0 Å². The molecule has 0 aromatic carbocycles. The minimum Gasteiger partial charge on any atom is -0.340 e. The van der Waals surface area contributed by atoms with Crippen LogP contribution in [0.2, 0.25) is 0 Å². The van der Waals surface area contributed by atoms with Gasteiger partial charge in [0, 0.05) is 5.41 Å². The summed E-state index contributed by atoms with van der Waals surface area (Å²) in [6, 6.07) is 0. The van der Waals surface area contributed by atoms with Crippen molar-refractivity contribution in [2.24, 2.45) is 5.41 Å². The molecular formula is C14H22O9P2. The number of ether oxygens (including phenoxy) is 3. The van der Waals surface area contributed by atoms with E-state index in [1.165, 1.54) is 0 Å². The van der Waals surface area contributed by atoms with E-state index in [0.717, 1.165) is 0 Å². The highest BCUT2D eigenvalue weighted by Crippen LogP contribution is 2.77. The minimum absolute atomic E-state index is 0.239. The van der Waals surface area contributed by atoms with Crippen LogP contribution in [-0.4, -0.2) is 55.6 Å². The summed E-state index contributed by atoms with van der Waals surface area (Å²) in [4.78, 5) is 0. The second-order valence-corrected chi connectivity index (χ2v) is 11.5. The quantitative estimate of drug-likeness (QED) is 0.620. The second kappa shape index (κ2) is 5.23. The first-order valence-electron chi connectivity index (χ1n) is 8.34. The summed E-state index contributed by atoms with van der Waals surface area (Å²) in [5, 5.41) is -1.45. The first-order chi connectivity index (χ1) is 11.6. The topological polar surface area (TPSA) is 90.9 Å². The lowest BCUT2D eigenvalue weighted by atomic mass is 9.97. The molecule has 5 rings (SSSR count). The fourth-order valence-corrected chi connectivity index (χ4v) is 8.15. The molecule has 25 heavy (non-hydrogen) atoms. The van der Waals surface area contributed by atoms with Crippen molar-refractivity contribution in [1.82, 2.24) is 0 Å². The molecule has 0 spiro atoms. The van der Waals surface area contributed by atoms with E-state index >= 15 is 0 Å². The Morgan fingerprint density at radius 1 is 1.04 bits per heavy atom. The molecule has 0 amide bonds. The average molecular weight is 396 g/mol. The third-order valence-electron chi connectivity index (χ3n) is 4.96. The lowest BCUT2D eigenvalue weighted by Gasteiger charge is -2.47. The summed E-state index contributed by atoms with van der Waals surface area (Å²) < 4.78 is 60.7. The Morgan fingerprint density at radius 3 is 2.48 bits per heavy atom. The van der Waals surface area contributed by atoms with Crippen molar-refractivity contribution in [2.45, 2.75) is 63.4 Å². The van der Waals surface area contributed by atoms with Crippen LogP contribution in [0.1, 0.15) is 27.7 Å².